The molecule has 2 N–H and O–H groups in total. The third-order valence-electron chi connectivity index (χ3n) is 5.08. The highest BCUT2D eigenvalue weighted by Crippen LogP contribution is 2.22. The standard InChI is InChI=1S/C21H30N6O.HI/c1-14(20-15(2)26-28-16(20)3)13-24-21(22-5)23-11-8-12-27-17(4)25-18-9-6-7-10-19(18)27;/h6-7,9-10,14H,8,11-13H2,1-5H3,(H2,22,23,24);1H. The van der Waals surface area contributed by atoms with Gasteiger partial charge in [-0.25, -0.2) is 4.98 Å². The van der Waals surface area contributed by atoms with Crippen LogP contribution in [-0.2, 0) is 6.54 Å². The van der Waals surface area contributed by atoms with Crippen LogP contribution in [0.2, 0.25) is 0 Å². The van der Waals surface area contributed by atoms with Gasteiger partial charge in [0.25, 0.3) is 0 Å². The van der Waals surface area contributed by atoms with Crippen LogP contribution in [0.5, 0.6) is 0 Å². The van der Waals surface area contributed by atoms with Crippen LogP contribution < -0.4 is 10.6 Å². The Bertz CT molecular complexity index is 942. The van der Waals surface area contributed by atoms with Crippen molar-refractivity contribution in [3.63, 3.8) is 0 Å². The molecule has 0 bridgehead atoms. The van der Waals surface area contributed by atoms with Gasteiger partial charge in [0.15, 0.2) is 5.96 Å². The quantitative estimate of drug-likeness (QED) is 0.218. The Morgan fingerprint density at radius 3 is 2.66 bits per heavy atom. The number of imidazole rings is 1. The first kappa shape index (κ1) is 23.2. The molecule has 0 radical (unpaired) electrons. The van der Waals surface area contributed by atoms with E-state index >= 15 is 0 Å². The van der Waals surface area contributed by atoms with Crippen molar-refractivity contribution in [2.75, 3.05) is 20.1 Å². The maximum Gasteiger partial charge on any atom is 0.190 e. The fraction of sp³-hybridized carbons (Fsp3) is 0.476. The summed E-state index contributed by atoms with van der Waals surface area (Å²) in [4.78, 5) is 8.95. The fourth-order valence-electron chi connectivity index (χ4n) is 3.69. The second-order valence-electron chi connectivity index (χ2n) is 7.17. The first-order valence-corrected chi connectivity index (χ1v) is 9.80. The van der Waals surface area contributed by atoms with E-state index in [9.17, 15) is 0 Å². The normalized spacial score (nSPS) is 12.7. The van der Waals surface area contributed by atoms with Gasteiger partial charge in [-0.3, -0.25) is 4.99 Å². The summed E-state index contributed by atoms with van der Waals surface area (Å²) in [7, 11) is 1.80. The molecule has 2 aromatic heterocycles. The van der Waals surface area contributed by atoms with Crippen molar-refractivity contribution in [2.45, 2.75) is 46.6 Å². The number of aryl methyl sites for hydroxylation is 4. The Hall–Kier alpha value is -2.10. The second-order valence-corrected chi connectivity index (χ2v) is 7.17. The summed E-state index contributed by atoms with van der Waals surface area (Å²) in [6.45, 7) is 10.7. The van der Waals surface area contributed by atoms with Gasteiger partial charge in [-0.05, 0) is 39.3 Å². The van der Waals surface area contributed by atoms with Gasteiger partial charge < -0.3 is 19.7 Å². The van der Waals surface area contributed by atoms with Crippen LogP contribution in [-0.4, -0.2) is 40.8 Å². The third-order valence-corrected chi connectivity index (χ3v) is 5.08. The van der Waals surface area contributed by atoms with Crippen LogP contribution in [0.25, 0.3) is 11.0 Å². The molecular formula is C21H31IN6O. The van der Waals surface area contributed by atoms with E-state index < -0.39 is 0 Å². The number of rotatable bonds is 7. The smallest absolute Gasteiger partial charge is 0.190 e. The monoisotopic (exact) mass is 510 g/mol. The van der Waals surface area contributed by atoms with Gasteiger partial charge in [0.05, 0.1) is 16.7 Å². The zero-order chi connectivity index (χ0) is 20.1. The van der Waals surface area contributed by atoms with E-state index in [1.807, 2.05) is 19.9 Å². The Labute approximate surface area is 189 Å². The second kappa shape index (κ2) is 10.6. The topological polar surface area (TPSA) is 80.3 Å². The van der Waals surface area contributed by atoms with E-state index in [-0.39, 0.29) is 24.0 Å². The van der Waals surface area contributed by atoms with Gasteiger partial charge in [0.1, 0.15) is 11.6 Å². The average Bonchev–Trinajstić information content (AvgIpc) is 3.19. The largest absolute Gasteiger partial charge is 0.361 e. The van der Waals surface area contributed by atoms with Crippen molar-refractivity contribution >= 4 is 41.0 Å². The van der Waals surface area contributed by atoms with Gasteiger partial charge >= 0.3 is 0 Å². The highest BCUT2D eigenvalue weighted by atomic mass is 127. The van der Waals surface area contributed by atoms with Crippen LogP contribution >= 0.6 is 24.0 Å². The van der Waals surface area contributed by atoms with Crippen LogP contribution in [0.15, 0.2) is 33.8 Å². The molecule has 2 heterocycles. The lowest BCUT2D eigenvalue weighted by atomic mass is 10.00. The predicted octanol–water partition coefficient (Wildman–Crippen LogP) is 3.93. The molecule has 0 saturated carbocycles. The Balaban J connectivity index is 0.00000300. The molecule has 0 spiro atoms. The molecule has 0 saturated heterocycles. The first-order valence-electron chi connectivity index (χ1n) is 9.80. The number of nitrogens with one attached hydrogen (secondary N) is 2. The minimum atomic E-state index is 0. The van der Waals surface area contributed by atoms with Crippen LogP contribution in [0.3, 0.4) is 0 Å². The van der Waals surface area contributed by atoms with Crippen molar-refractivity contribution < 1.29 is 4.52 Å². The fourth-order valence-corrected chi connectivity index (χ4v) is 3.69. The molecule has 3 rings (SSSR count). The molecule has 3 aromatic rings. The lowest BCUT2D eigenvalue weighted by Gasteiger charge is -2.16. The predicted molar refractivity (Wildman–Crippen MR) is 128 cm³/mol. The number of para-hydroxylation sites is 2. The van der Waals surface area contributed by atoms with E-state index in [1.54, 1.807) is 7.05 Å². The minimum absolute atomic E-state index is 0. The SMILES string of the molecule is CN=C(NCCCn1c(C)nc2ccccc21)NCC(C)c1c(C)noc1C.I. The molecule has 8 heteroatoms. The molecule has 1 atom stereocenters. The number of guanidine groups is 1. The van der Waals surface area contributed by atoms with Crippen molar-refractivity contribution in [3.8, 4) is 0 Å². The zero-order valence-corrected chi connectivity index (χ0v) is 20.2. The summed E-state index contributed by atoms with van der Waals surface area (Å²) in [6.07, 6.45) is 0.987. The molecule has 29 heavy (non-hydrogen) atoms. The summed E-state index contributed by atoms with van der Waals surface area (Å²) >= 11 is 0. The summed E-state index contributed by atoms with van der Waals surface area (Å²) in [5, 5.41) is 10.8. The Kier molecular flexibility index (Phi) is 8.48. The van der Waals surface area contributed by atoms with E-state index in [0.717, 1.165) is 54.8 Å². The van der Waals surface area contributed by atoms with Gasteiger partial charge in [0, 0.05) is 38.2 Å². The number of fused-ring (bicyclic) bond motifs is 1. The van der Waals surface area contributed by atoms with Crippen molar-refractivity contribution in [1.82, 2.24) is 25.3 Å². The summed E-state index contributed by atoms with van der Waals surface area (Å²) < 4.78 is 7.54. The summed E-state index contributed by atoms with van der Waals surface area (Å²) in [5.74, 6) is 3.05. The molecule has 7 nitrogen and oxygen atoms in total. The molecule has 1 unspecified atom stereocenters. The van der Waals surface area contributed by atoms with Crippen LogP contribution in [0, 0.1) is 20.8 Å². The average molecular weight is 510 g/mol. The number of aromatic nitrogens is 3. The maximum atomic E-state index is 5.27. The number of halogens is 1. The first-order chi connectivity index (χ1) is 13.5. The van der Waals surface area contributed by atoms with Crippen molar-refractivity contribution in [2.24, 2.45) is 4.99 Å². The van der Waals surface area contributed by atoms with E-state index in [0.29, 0.717) is 5.92 Å². The molecule has 0 aliphatic carbocycles. The number of hydrogen-bond donors (Lipinski definition) is 2. The number of hydrogen-bond acceptors (Lipinski definition) is 4. The lowest BCUT2D eigenvalue weighted by Crippen LogP contribution is -2.39. The van der Waals surface area contributed by atoms with E-state index in [1.165, 1.54) is 11.1 Å². The van der Waals surface area contributed by atoms with Gasteiger partial charge in [-0.2, -0.15) is 0 Å². The number of aliphatic imine (C=N–C) groups is 1. The molecule has 0 aliphatic heterocycles. The van der Waals surface area contributed by atoms with Gasteiger partial charge in [0.2, 0.25) is 0 Å². The van der Waals surface area contributed by atoms with Gasteiger partial charge in [-0.1, -0.05) is 24.2 Å². The van der Waals surface area contributed by atoms with Crippen LogP contribution in [0.1, 0.15) is 42.1 Å². The lowest BCUT2D eigenvalue weighted by molar-refractivity contribution is 0.391. The van der Waals surface area contributed by atoms with Crippen molar-refractivity contribution in [3.05, 3.63) is 47.1 Å². The molecule has 1 aromatic carbocycles. The number of benzene rings is 1. The highest BCUT2D eigenvalue weighted by Gasteiger charge is 2.16. The van der Waals surface area contributed by atoms with E-state index in [2.05, 4.69) is 62.4 Å². The molecule has 0 amide bonds. The summed E-state index contributed by atoms with van der Waals surface area (Å²) in [5.41, 5.74) is 4.37. The molecule has 0 aliphatic rings. The minimum Gasteiger partial charge on any atom is -0.361 e. The molecule has 158 valence electrons. The summed E-state index contributed by atoms with van der Waals surface area (Å²) in [6, 6.07) is 8.27. The maximum absolute atomic E-state index is 5.27. The third kappa shape index (κ3) is 5.49. The van der Waals surface area contributed by atoms with Gasteiger partial charge in [-0.15, -0.1) is 24.0 Å². The molecular weight excluding hydrogens is 479 g/mol. The van der Waals surface area contributed by atoms with Crippen LogP contribution in [0.4, 0.5) is 0 Å². The Morgan fingerprint density at radius 2 is 1.97 bits per heavy atom. The molecule has 0 fully saturated rings. The van der Waals surface area contributed by atoms with E-state index in [4.69, 9.17) is 4.52 Å². The number of nitrogens with zero attached hydrogens (tertiary/aromatic N) is 4. The van der Waals surface area contributed by atoms with Crippen molar-refractivity contribution in [1.29, 1.82) is 0 Å². The zero-order valence-electron chi connectivity index (χ0n) is 17.8. The highest BCUT2D eigenvalue weighted by molar-refractivity contribution is 14.0. The Morgan fingerprint density at radius 1 is 1.21 bits per heavy atom.